The zero-order chi connectivity index (χ0) is 21.1. The predicted octanol–water partition coefficient (Wildman–Crippen LogP) is 3.71. The smallest absolute Gasteiger partial charge is 0.410 e. The quantitative estimate of drug-likeness (QED) is 0.830. The molecule has 1 aromatic rings. The van der Waals surface area contributed by atoms with Crippen LogP contribution in [0.5, 0.6) is 0 Å². The highest BCUT2D eigenvalue weighted by atomic mass is 16.6. The van der Waals surface area contributed by atoms with Gasteiger partial charge in [-0.15, -0.1) is 0 Å². The molecular formula is C21H32N2O5. The van der Waals surface area contributed by atoms with Gasteiger partial charge in [-0.2, -0.15) is 0 Å². The summed E-state index contributed by atoms with van der Waals surface area (Å²) < 4.78 is 11.1. The summed E-state index contributed by atoms with van der Waals surface area (Å²) in [5.41, 5.74) is 0.464. The van der Waals surface area contributed by atoms with Crippen molar-refractivity contribution in [3.05, 3.63) is 35.4 Å². The van der Waals surface area contributed by atoms with Crippen molar-refractivity contribution in [1.29, 1.82) is 0 Å². The Balaban J connectivity index is 2.25. The maximum atomic E-state index is 12.8. The van der Waals surface area contributed by atoms with Crippen LogP contribution >= 0.6 is 0 Å². The van der Waals surface area contributed by atoms with E-state index in [9.17, 15) is 14.7 Å². The highest BCUT2D eigenvalue weighted by Gasteiger charge is 2.37. The van der Waals surface area contributed by atoms with Gasteiger partial charge in [0.15, 0.2) is 0 Å². The lowest BCUT2D eigenvalue weighted by molar-refractivity contribution is -0.0152. The Bertz CT molecular complexity index is 688. The number of rotatable bonds is 2. The van der Waals surface area contributed by atoms with E-state index in [4.69, 9.17) is 9.47 Å². The first-order valence-corrected chi connectivity index (χ1v) is 9.57. The standard InChI is InChI=1S/C21H32N2O5/c1-20(2,3)27-18(25)22-11-12-23(19(26)28-21(4,5)6)17(13-22)16-9-7-15(14-24)8-10-16/h7-10,17,24H,11-14H2,1-6H3/t17-/m1/s1. The number of amides is 2. The van der Waals surface area contributed by atoms with Crippen molar-refractivity contribution in [2.45, 2.75) is 65.4 Å². The minimum absolute atomic E-state index is 0.0508. The van der Waals surface area contributed by atoms with Crippen molar-refractivity contribution in [2.24, 2.45) is 0 Å². The normalized spacial score (nSPS) is 18.0. The summed E-state index contributed by atoms with van der Waals surface area (Å²) in [5.74, 6) is 0. The molecule has 0 saturated carbocycles. The first-order chi connectivity index (χ1) is 12.9. The number of ether oxygens (including phenoxy) is 2. The zero-order valence-corrected chi connectivity index (χ0v) is 17.7. The van der Waals surface area contributed by atoms with Crippen molar-refractivity contribution >= 4 is 12.2 Å². The maximum Gasteiger partial charge on any atom is 0.410 e. The Morgan fingerprint density at radius 3 is 2.00 bits per heavy atom. The molecule has 1 N–H and O–H groups in total. The van der Waals surface area contributed by atoms with E-state index in [1.807, 2.05) is 65.8 Å². The highest BCUT2D eigenvalue weighted by Crippen LogP contribution is 2.28. The number of hydrogen-bond acceptors (Lipinski definition) is 5. The third kappa shape index (κ3) is 6.12. The van der Waals surface area contributed by atoms with Gasteiger partial charge in [0.2, 0.25) is 0 Å². The number of carbonyl (C=O) groups excluding carboxylic acids is 2. The van der Waals surface area contributed by atoms with Gasteiger partial charge in [0, 0.05) is 19.6 Å². The fourth-order valence-corrected chi connectivity index (χ4v) is 2.94. The van der Waals surface area contributed by atoms with Gasteiger partial charge in [-0.05, 0) is 52.7 Å². The van der Waals surface area contributed by atoms with Gasteiger partial charge < -0.3 is 19.5 Å². The van der Waals surface area contributed by atoms with Crippen LogP contribution in [0.1, 0.15) is 58.7 Å². The van der Waals surface area contributed by atoms with Gasteiger partial charge in [0.1, 0.15) is 11.2 Å². The van der Waals surface area contributed by atoms with Crippen molar-refractivity contribution < 1.29 is 24.2 Å². The molecule has 0 aromatic heterocycles. The number of aliphatic hydroxyl groups is 1. The van der Waals surface area contributed by atoms with Crippen LogP contribution in [0.4, 0.5) is 9.59 Å². The second kappa shape index (κ2) is 8.39. The molecule has 0 radical (unpaired) electrons. The largest absolute Gasteiger partial charge is 0.444 e. The lowest BCUT2D eigenvalue weighted by atomic mass is 10.0. The fraction of sp³-hybridized carbons (Fsp3) is 0.619. The average molecular weight is 392 g/mol. The molecule has 0 spiro atoms. The molecular weight excluding hydrogens is 360 g/mol. The van der Waals surface area contributed by atoms with Crippen molar-refractivity contribution in [3.63, 3.8) is 0 Å². The molecule has 28 heavy (non-hydrogen) atoms. The molecule has 1 aromatic carbocycles. The van der Waals surface area contributed by atoms with Gasteiger partial charge >= 0.3 is 12.2 Å². The summed E-state index contributed by atoms with van der Waals surface area (Å²) in [6, 6.07) is 7.01. The lowest BCUT2D eigenvalue weighted by Crippen LogP contribution is -2.54. The molecule has 1 aliphatic rings. The molecule has 1 aliphatic heterocycles. The molecule has 2 amide bonds. The van der Waals surface area contributed by atoms with Gasteiger partial charge in [-0.25, -0.2) is 9.59 Å². The number of carbonyl (C=O) groups is 2. The van der Waals surface area contributed by atoms with E-state index in [2.05, 4.69) is 0 Å². The van der Waals surface area contributed by atoms with Crippen LogP contribution in [-0.2, 0) is 16.1 Å². The Morgan fingerprint density at radius 2 is 1.50 bits per heavy atom. The molecule has 0 aliphatic carbocycles. The second-order valence-corrected chi connectivity index (χ2v) is 9.02. The van der Waals surface area contributed by atoms with E-state index in [-0.39, 0.29) is 12.6 Å². The number of nitrogens with zero attached hydrogens (tertiary/aromatic N) is 2. The average Bonchev–Trinajstić information content (AvgIpc) is 2.58. The third-order valence-electron chi connectivity index (χ3n) is 4.21. The first-order valence-electron chi connectivity index (χ1n) is 9.57. The zero-order valence-electron chi connectivity index (χ0n) is 17.7. The number of piperazine rings is 1. The summed E-state index contributed by atoms with van der Waals surface area (Å²) in [6.07, 6.45) is -0.805. The summed E-state index contributed by atoms with van der Waals surface area (Å²) in [6.45, 7) is 11.9. The van der Waals surface area contributed by atoms with E-state index in [1.54, 1.807) is 9.80 Å². The minimum Gasteiger partial charge on any atom is -0.444 e. The summed E-state index contributed by atoms with van der Waals surface area (Å²) in [4.78, 5) is 28.6. The van der Waals surface area contributed by atoms with Gasteiger partial charge in [0.25, 0.3) is 0 Å². The Kier molecular flexibility index (Phi) is 6.59. The lowest BCUT2D eigenvalue weighted by Gasteiger charge is -2.42. The molecule has 7 heteroatoms. The van der Waals surface area contributed by atoms with Crippen molar-refractivity contribution in [1.82, 2.24) is 9.80 Å². The Morgan fingerprint density at radius 1 is 0.964 bits per heavy atom. The Labute approximate surface area is 167 Å². The first kappa shape index (κ1) is 22.0. The highest BCUT2D eigenvalue weighted by molar-refractivity contribution is 5.71. The van der Waals surface area contributed by atoms with Gasteiger partial charge in [0.05, 0.1) is 12.6 Å². The molecule has 1 saturated heterocycles. The van der Waals surface area contributed by atoms with Gasteiger partial charge in [-0.1, -0.05) is 24.3 Å². The van der Waals surface area contributed by atoms with E-state index < -0.39 is 23.4 Å². The monoisotopic (exact) mass is 392 g/mol. The van der Waals surface area contributed by atoms with E-state index in [0.29, 0.717) is 19.6 Å². The maximum absolute atomic E-state index is 12.8. The van der Waals surface area contributed by atoms with Crippen LogP contribution in [0.3, 0.4) is 0 Å². The Hall–Kier alpha value is -2.28. The SMILES string of the molecule is CC(C)(C)OC(=O)N1CCN(C(=O)OC(C)(C)C)[C@@H](c2ccc(CO)cc2)C1. The third-order valence-corrected chi connectivity index (χ3v) is 4.21. The van der Waals surface area contributed by atoms with Crippen molar-refractivity contribution in [2.75, 3.05) is 19.6 Å². The molecule has 0 bridgehead atoms. The molecule has 1 fully saturated rings. The summed E-state index contributed by atoms with van der Waals surface area (Å²) >= 11 is 0. The molecule has 7 nitrogen and oxygen atoms in total. The molecule has 1 heterocycles. The van der Waals surface area contributed by atoms with E-state index in [0.717, 1.165) is 11.1 Å². The summed E-state index contributed by atoms with van der Waals surface area (Å²) in [5, 5.41) is 9.28. The number of hydrogen-bond donors (Lipinski definition) is 1. The predicted molar refractivity (Wildman–Crippen MR) is 106 cm³/mol. The van der Waals surface area contributed by atoms with Gasteiger partial charge in [-0.3, -0.25) is 4.90 Å². The fourth-order valence-electron chi connectivity index (χ4n) is 2.94. The van der Waals surface area contributed by atoms with Crippen LogP contribution in [0, 0.1) is 0 Å². The van der Waals surface area contributed by atoms with Crippen LogP contribution in [-0.4, -0.2) is 57.9 Å². The number of benzene rings is 1. The van der Waals surface area contributed by atoms with E-state index >= 15 is 0 Å². The van der Waals surface area contributed by atoms with Crippen LogP contribution in [0.2, 0.25) is 0 Å². The molecule has 0 unspecified atom stereocenters. The second-order valence-electron chi connectivity index (χ2n) is 9.02. The number of aliphatic hydroxyl groups excluding tert-OH is 1. The topological polar surface area (TPSA) is 79.3 Å². The molecule has 2 rings (SSSR count). The van der Waals surface area contributed by atoms with Crippen molar-refractivity contribution in [3.8, 4) is 0 Å². The molecule has 1 atom stereocenters. The minimum atomic E-state index is -0.606. The van der Waals surface area contributed by atoms with Crippen LogP contribution in [0.25, 0.3) is 0 Å². The van der Waals surface area contributed by atoms with E-state index in [1.165, 1.54) is 0 Å². The van der Waals surface area contributed by atoms with Crippen LogP contribution < -0.4 is 0 Å². The summed E-state index contributed by atoms with van der Waals surface area (Å²) in [7, 11) is 0. The van der Waals surface area contributed by atoms with Crippen LogP contribution in [0.15, 0.2) is 24.3 Å². The molecule has 156 valence electrons.